The van der Waals surface area contributed by atoms with Crippen LogP contribution in [0.25, 0.3) is 0 Å². The maximum atomic E-state index is 12.3. The van der Waals surface area contributed by atoms with E-state index in [0.29, 0.717) is 18.5 Å². The molecule has 0 radical (unpaired) electrons. The Morgan fingerprint density at radius 1 is 1.00 bits per heavy atom. The molecule has 0 bridgehead atoms. The Morgan fingerprint density at radius 3 is 2.65 bits per heavy atom. The van der Waals surface area contributed by atoms with E-state index in [1.54, 1.807) is 0 Å². The quantitative estimate of drug-likeness (QED) is 0.775. The van der Waals surface area contributed by atoms with E-state index in [1.165, 1.54) is 0 Å². The highest BCUT2D eigenvalue weighted by Gasteiger charge is 2.14. The first-order valence-corrected chi connectivity index (χ1v) is 8.78. The summed E-state index contributed by atoms with van der Waals surface area (Å²) < 4.78 is 10.6. The van der Waals surface area contributed by atoms with Crippen molar-refractivity contribution in [2.75, 3.05) is 13.3 Å². The minimum atomic E-state index is -0.107. The number of benzene rings is 2. The summed E-state index contributed by atoms with van der Waals surface area (Å²) in [5, 5.41) is 2.87. The average molecular weight is 353 g/mol. The van der Waals surface area contributed by atoms with Gasteiger partial charge in [0.05, 0.1) is 0 Å². The summed E-state index contributed by atoms with van der Waals surface area (Å²) in [6, 6.07) is 11.6. The summed E-state index contributed by atoms with van der Waals surface area (Å²) in [7, 11) is 0. The second kappa shape index (κ2) is 8.04. The fourth-order valence-corrected chi connectivity index (χ4v) is 2.93. The molecule has 0 saturated carbocycles. The first kappa shape index (κ1) is 18.0. The molecule has 0 unspecified atom stereocenters. The van der Waals surface area contributed by atoms with Gasteiger partial charge in [-0.05, 0) is 49.6 Å². The van der Waals surface area contributed by atoms with Gasteiger partial charge in [-0.1, -0.05) is 23.8 Å². The molecule has 1 N–H and O–H groups in total. The Morgan fingerprint density at radius 2 is 1.81 bits per heavy atom. The first-order valence-electron chi connectivity index (χ1n) is 8.78. The van der Waals surface area contributed by atoms with E-state index in [0.717, 1.165) is 28.2 Å². The SMILES string of the molecule is Cc1ccc(C)c(C(=O)CCC(=O)NCCc2ccc3c(c2)OCO3)c1. The summed E-state index contributed by atoms with van der Waals surface area (Å²) in [6.07, 6.45) is 1.13. The van der Waals surface area contributed by atoms with Crippen LogP contribution in [0.5, 0.6) is 11.5 Å². The van der Waals surface area contributed by atoms with Gasteiger partial charge < -0.3 is 14.8 Å². The van der Waals surface area contributed by atoms with Crippen molar-refractivity contribution < 1.29 is 19.1 Å². The Kier molecular flexibility index (Phi) is 5.56. The summed E-state index contributed by atoms with van der Waals surface area (Å²) in [6.45, 7) is 4.65. The Bertz CT molecular complexity index is 829. The van der Waals surface area contributed by atoms with Gasteiger partial charge in [-0.25, -0.2) is 0 Å². The van der Waals surface area contributed by atoms with Gasteiger partial charge in [0.25, 0.3) is 0 Å². The van der Waals surface area contributed by atoms with Gasteiger partial charge in [0.2, 0.25) is 12.7 Å². The van der Waals surface area contributed by atoms with Crippen LogP contribution in [0.4, 0.5) is 0 Å². The first-order chi connectivity index (χ1) is 12.5. The van der Waals surface area contributed by atoms with Crippen LogP contribution in [-0.2, 0) is 11.2 Å². The minimum Gasteiger partial charge on any atom is -0.454 e. The summed E-state index contributed by atoms with van der Waals surface area (Å²) in [5.41, 5.74) is 3.77. The molecule has 2 aromatic carbocycles. The van der Waals surface area contributed by atoms with Crippen LogP contribution < -0.4 is 14.8 Å². The molecular weight excluding hydrogens is 330 g/mol. The normalized spacial score (nSPS) is 12.1. The van der Waals surface area contributed by atoms with E-state index in [4.69, 9.17) is 9.47 Å². The maximum absolute atomic E-state index is 12.3. The van der Waals surface area contributed by atoms with Crippen molar-refractivity contribution in [3.63, 3.8) is 0 Å². The summed E-state index contributed by atoms with van der Waals surface area (Å²) >= 11 is 0. The number of carbonyl (C=O) groups excluding carboxylic acids is 2. The summed E-state index contributed by atoms with van der Waals surface area (Å²) in [4.78, 5) is 24.3. The topological polar surface area (TPSA) is 64.6 Å². The smallest absolute Gasteiger partial charge is 0.231 e. The number of nitrogens with one attached hydrogen (secondary N) is 1. The number of fused-ring (bicyclic) bond motifs is 1. The molecule has 0 spiro atoms. The molecule has 1 heterocycles. The zero-order valence-corrected chi connectivity index (χ0v) is 15.1. The van der Waals surface area contributed by atoms with E-state index in [9.17, 15) is 9.59 Å². The molecule has 0 saturated heterocycles. The van der Waals surface area contributed by atoms with Crippen molar-refractivity contribution in [1.29, 1.82) is 0 Å². The van der Waals surface area contributed by atoms with Crippen LogP contribution in [0.15, 0.2) is 36.4 Å². The lowest BCUT2D eigenvalue weighted by molar-refractivity contribution is -0.121. The number of Topliss-reactive ketones (excluding diaryl/α,β-unsaturated/α-hetero) is 1. The van der Waals surface area contributed by atoms with E-state index >= 15 is 0 Å². The monoisotopic (exact) mass is 353 g/mol. The Balaban J connectivity index is 1.43. The molecule has 0 aliphatic carbocycles. The minimum absolute atomic E-state index is 0.0112. The van der Waals surface area contributed by atoms with Crippen LogP contribution in [0.2, 0.25) is 0 Å². The molecule has 26 heavy (non-hydrogen) atoms. The number of hydrogen-bond acceptors (Lipinski definition) is 4. The molecular formula is C21H23NO4. The summed E-state index contributed by atoms with van der Waals surface area (Å²) in [5.74, 6) is 1.40. The second-order valence-electron chi connectivity index (χ2n) is 6.53. The molecule has 2 aromatic rings. The Labute approximate surface area is 153 Å². The molecule has 1 aliphatic heterocycles. The third-order valence-corrected chi connectivity index (χ3v) is 4.45. The lowest BCUT2D eigenvalue weighted by Crippen LogP contribution is -2.26. The van der Waals surface area contributed by atoms with E-state index in [1.807, 2.05) is 50.2 Å². The van der Waals surface area contributed by atoms with Gasteiger partial charge in [0.1, 0.15) is 0 Å². The number of carbonyl (C=O) groups is 2. The number of amides is 1. The van der Waals surface area contributed by atoms with Crippen molar-refractivity contribution >= 4 is 11.7 Å². The number of hydrogen-bond donors (Lipinski definition) is 1. The van der Waals surface area contributed by atoms with Crippen LogP contribution in [0.1, 0.15) is 39.9 Å². The van der Waals surface area contributed by atoms with E-state index < -0.39 is 0 Å². The van der Waals surface area contributed by atoms with Gasteiger partial charge in [0, 0.05) is 24.9 Å². The van der Waals surface area contributed by atoms with Crippen LogP contribution in [0, 0.1) is 13.8 Å². The Hall–Kier alpha value is -2.82. The molecule has 0 aromatic heterocycles. The van der Waals surface area contributed by atoms with E-state index in [-0.39, 0.29) is 31.3 Å². The van der Waals surface area contributed by atoms with Crippen molar-refractivity contribution in [2.24, 2.45) is 0 Å². The fraction of sp³-hybridized carbons (Fsp3) is 0.333. The number of ketones is 1. The number of rotatable bonds is 7. The number of aryl methyl sites for hydroxylation is 2. The second-order valence-corrected chi connectivity index (χ2v) is 6.53. The number of ether oxygens (including phenoxy) is 2. The van der Waals surface area contributed by atoms with Gasteiger partial charge >= 0.3 is 0 Å². The maximum Gasteiger partial charge on any atom is 0.231 e. The highest BCUT2D eigenvalue weighted by Crippen LogP contribution is 2.32. The standard InChI is InChI=1S/C21H23NO4/c1-14-3-4-15(2)17(11-14)18(23)6-8-21(24)22-10-9-16-5-7-19-20(12-16)26-13-25-19/h3-5,7,11-12H,6,8-10,13H2,1-2H3,(H,22,24). The fourth-order valence-electron chi connectivity index (χ4n) is 2.93. The van der Waals surface area contributed by atoms with Gasteiger partial charge in [-0.3, -0.25) is 9.59 Å². The zero-order chi connectivity index (χ0) is 18.5. The molecule has 5 heteroatoms. The van der Waals surface area contributed by atoms with Crippen LogP contribution in [-0.4, -0.2) is 25.0 Å². The lowest BCUT2D eigenvalue weighted by atomic mass is 9.99. The lowest BCUT2D eigenvalue weighted by Gasteiger charge is -2.08. The zero-order valence-electron chi connectivity index (χ0n) is 15.1. The van der Waals surface area contributed by atoms with Gasteiger partial charge in [0.15, 0.2) is 17.3 Å². The van der Waals surface area contributed by atoms with Gasteiger partial charge in [-0.2, -0.15) is 0 Å². The predicted octanol–water partition coefficient (Wildman–Crippen LogP) is 3.35. The molecule has 136 valence electrons. The molecule has 0 fully saturated rings. The highest BCUT2D eigenvalue weighted by atomic mass is 16.7. The largest absolute Gasteiger partial charge is 0.454 e. The third-order valence-electron chi connectivity index (χ3n) is 4.45. The van der Waals surface area contributed by atoms with Gasteiger partial charge in [-0.15, -0.1) is 0 Å². The van der Waals surface area contributed by atoms with Crippen molar-refractivity contribution in [3.8, 4) is 11.5 Å². The van der Waals surface area contributed by atoms with E-state index in [2.05, 4.69) is 5.32 Å². The molecule has 3 rings (SSSR count). The van der Waals surface area contributed by atoms with Crippen molar-refractivity contribution in [1.82, 2.24) is 5.32 Å². The third kappa shape index (κ3) is 4.42. The highest BCUT2D eigenvalue weighted by molar-refractivity contribution is 5.99. The van der Waals surface area contributed by atoms with Crippen LogP contribution in [0.3, 0.4) is 0 Å². The van der Waals surface area contributed by atoms with Crippen LogP contribution >= 0.6 is 0 Å². The van der Waals surface area contributed by atoms with Crippen molar-refractivity contribution in [2.45, 2.75) is 33.1 Å². The van der Waals surface area contributed by atoms with Crippen molar-refractivity contribution in [3.05, 3.63) is 58.7 Å². The molecule has 1 aliphatic rings. The average Bonchev–Trinajstić information content (AvgIpc) is 3.09. The predicted molar refractivity (Wildman–Crippen MR) is 98.8 cm³/mol. The molecule has 5 nitrogen and oxygen atoms in total. The molecule has 1 amide bonds. The molecule has 0 atom stereocenters.